The molecule has 24 heavy (non-hydrogen) atoms. The number of ketones is 1. The molecule has 0 saturated carbocycles. The lowest BCUT2D eigenvalue weighted by molar-refractivity contribution is 0.0967. The third kappa shape index (κ3) is 2.10. The standard InChI is InChI=1S/C19H16ClN3O/c1-10-16-11(2)21-19(20)22-18(16)23(3)15-9-13-7-5-4-6-12(13)8-14(15)17(10)24/h4-10H,1-3H3. The topological polar surface area (TPSA) is 46.1 Å². The highest BCUT2D eigenvalue weighted by Crippen LogP contribution is 2.41. The highest BCUT2D eigenvalue weighted by molar-refractivity contribution is 6.28. The molecule has 0 radical (unpaired) electrons. The quantitative estimate of drug-likeness (QED) is 0.560. The molecule has 3 aromatic rings. The van der Waals surface area contributed by atoms with E-state index in [0.717, 1.165) is 27.7 Å². The van der Waals surface area contributed by atoms with E-state index in [1.165, 1.54) is 0 Å². The Hall–Kier alpha value is -2.46. The Labute approximate surface area is 145 Å². The lowest BCUT2D eigenvalue weighted by Gasteiger charge is -2.21. The third-order valence-corrected chi connectivity index (χ3v) is 4.89. The van der Waals surface area contributed by atoms with Gasteiger partial charge in [-0.15, -0.1) is 0 Å². The first-order valence-electron chi connectivity index (χ1n) is 7.82. The molecule has 1 aromatic heterocycles. The summed E-state index contributed by atoms with van der Waals surface area (Å²) in [5.41, 5.74) is 3.14. The van der Waals surface area contributed by atoms with E-state index in [-0.39, 0.29) is 17.0 Å². The number of halogens is 1. The summed E-state index contributed by atoms with van der Waals surface area (Å²) in [5.74, 6) is 0.458. The Morgan fingerprint density at radius 3 is 2.50 bits per heavy atom. The molecule has 0 spiro atoms. The smallest absolute Gasteiger partial charge is 0.224 e. The molecule has 1 unspecified atom stereocenters. The largest absolute Gasteiger partial charge is 0.328 e. The molecule has 0 amide bonds. The van der Waals surface area contributed by atoms with Gasteiger partial charge in [-0.1, -0.05) is 31.2 Å². The minimum Gasteiger partial charge on any atom is -0.328 e. The summed E-state index contributed by atoms with van der Waals surface area (Å²) in [6, 6.07) is 12.0. The average molecular weight is 338 g/mol. The summed E-state index contributed by atoms with van der Waals surface area (Å²) >= 11 is 6.07. The number of hydrogen-bond acceptors (Lipinski definition) is 4. The van der Waals surface area contributed by atoms with Crippen molar-refractivity contribution in [2.45, 2.75) is 19.8 Å². The first-order chi connectivity index (χ1) is 11.5. The van der Waals surface area contributed by atoms with Crippen molar-refractivity contribution < 1.29 is 4.79 Å². The second-order valence-electron chi connectivity index (χ2n) is 6.18. The molecule has 5 heteroatoms. The number of aryl methyl sites for hydroxylation is 1. The van der Waals surface area contributed by atoms with Crippen molar-refractivity contribution in [3.63, 3.8) is 0 Å². The summed E-state index contributed by atoms with van der Waals surface area (Å²) in [6.45, 7) is 3.78. The summed E-state index contributed by atoms with van der Waals surface area (Å²) in [5, 5.41) is 2.34. The Morgan fingerprint density at radius 1 is 1.12 bits per heavy atom. The van der Waals surface area contributed by atoms with Crippen molar-refractivity contribution in [3.8, 4) is 0 Å². The van der Waals surface area contributed by atoms with Gasteiger partial charge in [0.2, 0.25) is 5.28 Å². The molecule has 0 fully saturated rings. The Kier molecular flexibility index (Phi) is 3.32. The zero-order chi connectivity index (χ0) is 17.0. The van der Waals surface area contributed by atoms with E-state index in [0.29, 0.717) is 11.4 Å². The van der Waals surface area contributed by atoms with E-state index in [9.17, 15) is 4.79 Å². The number of carbonyl (C=O) groups excluding carboxylic acids is 1. The highest BCUT2D eigenvalue weighted by Gasteiger charge is 2.32. The zero-order valence-corrected chi connectivity index (χ0v) is 14.4. The number of nitrogens with zero attached hydrogens (tertiary/aromatic N) is 3. The van der Waals surface area contributed by atoms with E-state index < -0.39 is 0 Å². The first kappa shape index (κ1) is 15.1. The van der Waals surface area contributed by atoms with Crippen molar-refractivity contribution in [2.24, 2.45) is 0 Å². The predicted molar refractivity (Wildman–Crippen MR) is 96.5 cm³/mol. The van der Waals surface area contributed by atoms with Gasteiger partial charge >= 0.3 is 0 Å². The monoisotopic (exact) mass is 337 g/mol. The maximum absolute atomic E-state index is 13.1. The van der Waals surface area contributed by atoms with Gasteiger partial charge in [-0.05, 0) is 41.4 Å². The maximum atomic E-state index is 13.1. The third-order valence-electron chi connectivity index (χ3n) is 4.72. The lowest BCUT2D eigenvalue weighted by Crippen LogP contribution is -2.15. The first-order valence-corrected chi connectivity index (χ1v) is 8.20. The number of carbonyl (C=O) groups is 1. The van der Waals surface area contributed by atoms with Crippen LogP contribution in [-0.4, -0.2) is 22.8 Å². The summed E-state index contributed by atoms with van der Waals surface area (Å²) < 4.78 is 0. The van der Waals surface area contributed by atoms with E-state index in [4.69, 9.17) is 11.6 Å². The van der Waals surface area contributed by atoms with Crippen LogP contribution in [0.1, 0.15) is 34.5 Å². The van der Waals surface area contributed by atoms with Gasteiger partial charge in [-0.3, -0.25) is 4.79 Å². The van der Waals surface area contributed by atoms with Crippen molar-refractivity contribution in [1.29, 1.82) is 0 Å². The highest BCUT2D eigenvalue weighted by atomic mass is 35.5. The van der Waals surface area contributed by atoms with Crippen LogP contribution in [0.5, 0.6) is 0 Å². The van der Waals surface area contributed by atoms with E-state index >= 15 is 0 Å². The van der Waals surface area contributed by atoms with Crippen LogP contribution in [0.2, 0.25) is 5.28 Å². The van der Waals surface area contributed by atoms with E-state index in [2.05, 4.69) is 9.97 Å². The Bertz CT molecular complexity index is 999. The molecule has 0 saturated heterocycles. The van der Waals surface area contributed by atoms with Gasteiger partial charge in [0.05, 0.1) is 11.6 Å². The van der Waals surface area contributed by atoms with E-state index in [1.807, 2.05) is 62.2 Å². The van der Waals surface area contributed by atoms with Gasteiger partial charge in [0, 0.05) is 23.9 Å². The molecule has 120 valence electrons. The van der Waals surface area contributed by atoms with Crippen molar-refractivity contribution in [3.05, 3.63) is 58.5 Å². The summed E-state index contributed by atoms with van der Waals surface area (Å²) in [7, 11) is 1.92. The molecule has 1 aliphatic rings. The van der Waals surface area contributed by atoms with Crippen LogP contribution < -0.4 is 4.90 Å². The second-order valence-corrected chi connectivity index (χ2v) is 6.51. The van der Waals surface area contributed by atoms with Gasteiger partial charge in [0.1, 0.15) is 5.82 Å². The van der Waals surface area contributed by atoms with Crippen LogP contribution in [0.15, 0.2) is 36.4 Å². The summed E-state index contributed by atoms with van der Waals surface area (Å²) in [6.07, 6.45) is 0. The molecule has 0 N–H and O–H groups in total. The maximum Gasteiger partial charge on any atom is 0.224 e. The van der Waals surface area contributed by atoms with Crippen molar-refractivity contribution in [2.75, 3.05) is 11.9 Å². The van der Waals surface area contributed by atoms with Crippen LogP contribution in [0.25, 0.3) is 10.8 Å². The number of hydrogen-bond donors (Lipinski definition) is 0. The fourth-order valence-electron chi connectivity index (χ4n) is 3.48. The van der Waals surface area contributed by atoms with Gasteiger partial charge in [-0.25, -0.2) is 4.98 Å². The molecule has 0 bridgehead atoms. The van der Waals surface area contributed by atoms with Crippen LogP contribution >= 0.6 is 11.6 Å². The van der Waals surface area contributed by atoms with Gasteiger partial charge in [0.15, 0.2) is 5.78 Å². The van der Waals surface area contributed by atoms with Crippen LogP contribution in [0.3, 0.4) is 0 Å². The predicted octanol–water partition coefficient (Wildman–Crippen LogP) is 4.66. The number of Topliss-reactive ketones (excluding diaryl/α,β-unsaturated/α-hetero) is 1. The molecule has 0 aliphatic carbocycles. The van der Waals surface area contributed by atoms with Gasteiger partial charge in [-0.2, -0.15) is 4.98 Å². The molecular formula is C19H16ClN3O. The second kappa shape index (κ2) is 5.28. The molecular weight excluding hydrogens is 322 g/mol. The molecule has 4 nitrogen and oxygen atoms in total. The number of aromatic nitrogens is 2. The SMILES string of the molecule is Cc1nc(Cl)nc2c1C(C)C(=O)c1cc3ccccc3cc1N2C. The van der Waals surface area contributed by atoms with Gasteiger partial charge < -0.3 is 4.90 Å². The summed E-state index contributed by atoms with van der Waals surface area (Å²) in [4.78, 5) is 23.7. The fraction of sp³-hybridized carbons (Fsp3) is 0.211. The number of benzene rings is 2. The van der Waals surface area contributed by atoms with Crippen LogP contribution in [0.4, 0.5) is 11.5 Å². The molecule has 2 aromatic carbocycles. The fourth-order valence-corrected chi connectivity index (χ4v) is 3.68. The zero-order valence-electron chi connectivity index (χ0n) is 13.7. The normalized spacial score (nSPS) is 16.8. The molecule has 1 aliphatic heterocycles. The number of anilines is 2. The van der Waals surface area contributed by atoms with Crippen LogP contribution in [0, 0.1) is 6.92 Å². The minimum absolute atomic E-state index is 0.0791. The lowest BCUT2D eigenvalue weighted by atomic mass is 9.91. The van der Waals surface area contributed by atoms with Crippen molar-refractivity contribution >= 4 is 39.7 Å². The average Bonchev–Trinajstić information content (AvgIpc) is 2.64. The molecule has 4 rings (SSSR count). The van der Waals surface area contributed by atoms with Gasteiger partial charge in [0.25, 0.3) is 0 Å². The van der Waals surface area contributed by atoms with Crippen LogP contribution in [-0.2, 0) is 0 Å². The number of rotatable bonds is 0. The Balaban J connectivity index is 2.07. The van der Waals surface area contributed by atoms with E-state index in [1.54, 1.807) is 0 Å². The van der Waals surface area contributed by atoms with Crippen molar-refractivity contribution in [1.82, 2.24) is 9.97 Å². The molecule has 2 heterocycles. The Morgan fingerprint density at radius 2 is 1.79 bits per heavy atom. The minimum atomic E-state index is -0.317. The number of fused-ring (bicyclic) bond motifs is 3. The molecule has 1 atom stereocenters.